The van der Waals surface area contributed by atoms with Crippen molar-refractivity contribution in [2.45, 2.75) is 128 Å². The molecule has 10 heteroatoms. The van der Waals surface area contributed by atoms with E-state index in [-0.39, 0.29) is 18.2 Å². The van der Waals surface area contributed by atoms with Crippen LogP contribution in [0.4, 0.5) is 0 Å². The molecule has 0 spiro atoms. The molecule has 3 amide bonds. The predicted octanol–water partition coefficient (Wildman–Crippen LogP) is 4.00. The number of primary amides is 1. The van der Waals surface area contributed by atoms with Crippen molar-refractivity contribution in [1.82, 2.24) is 10.2 Å². The highest BCUT2D eigenvalue weighted by Crippen LogP contribution is 2.20. The molecule has 0 saturated carbocycles. The molecule has 5 N–H and O–H groups in total. The quantitative estimate of drug-likeness (QED) is 0.151. The number of hydrogen-bond acceptors (Lipinski definition) is 5. The summed E-state index contributed by atoms with van der Waals surface area (Å²) in [7, 11) is 0. The lowest BCUT2D eigenvalue weighted by molar-refractivity contribution is -0.144. The van der Waals surface area contributed by atoms with Gasteiger partial charge in [0.25, 0.3) is 0 Å². The maximum absolute atomic E-state index is 12.5. The summed E-state index contributed by atoms with van der Waals surface area (Å²) in [4.78, 5) is 59.3. The number of unbranched alkanes of at least 4 members (excludes halogenated alkanes) is 13. The maximum Gasteiger partial charge on any atom is 0.326 e. The molecular formula is C28H49N3O7. The summed E-state index contributed by atoms with van der Waals surface area (Å²) in [5.41, 5.74) is 5.05. The molecule has 218 valence electrons. The zero-order valence-electron chi connectivity index (χ0n) is 23.0. The molecular weight excluding hydrogens is 490 g/mol. The molecule has 0 unspecified atom stereocenters. The summed E-state index contributed by atoms with van der Waals surface area (Å²) in [6.07, 6.45) is 17.3. The van der Waals surface area contributed by atoms with E-state index in [9.17, 15) is 24.0 Å². The van der Waals surface area contributed by atoms with Gasteiger partial charge in [-0.25, -0.2) is 4.79 Å². The number of nitrogens with one attached hydrogen (secondary N) is 1. The number of piperidine rings is 1. The Kier molecular flexibility index (Phi) is 17.9. The van der Waals surface area contributed by atoms with Crippen LogP contribution in [0.2, 0.25) is 0 Å². The Morgan fingerprint density at radius 1 is 0.711 bits per heavy atom. The molecule has 38 heavy (non-hydrogen) atoms. The smallest absolute Gasteiger partial charge is 0.326 e. The number of amides is 3. The number of carboxylic acid groups (broad SMARTS) is 2. The van der Waals surface area contributed by atoms with Crippen LogP contribution in [0.3, 0.4) is 0 Å². The third-order valence-electron chi connectivity index (χ3n) is 7.27. The number of carboxylic acids is 2. The Labute approximate surface area is 227 Å². The topological polar surface area (TPSA) is 167 Å². The van der Waals surface area contributed by atoms with Gasteiger partial charge in [-0.15, -0.1) is 0 Å². The van der Waals surface area contributed by atoms with Gasteiger partial charge in [0.2, 0.25) is 17.7 Å². The van der Waals surface area contributed by atoms with Crippen LogP contribution in [-0.2, 0) is 24.0 Å². The minimum absolute atomic E-state index is 0.114. The number of likely N-dealkylation sites (tertiary alicyclic amines) is 1. The van der Waals surface area contributed by atoms with Crippen molar-refractivity contribution < 1.29 is 34.2 Å². The number of hydrogen-bond donors (Lipinski definition) is 4. The van der Waals surface area contributed by atoms with Gasteiger partial charge >= 0.3 is 11.9 Å². The zero-order chi connectivity index (χ0) is 28.2. The van der Waals surface area contributed by atoms with Gasteiger partial charge < -0.3 is 26.2 Å². The van der Waals surface area contributed by atoms with Crippen LogP contribution < -0.4 is 11.1 Å². The van der Waals surface area contributed by atoms with Crippen LogP contribution in [0.5, 0.6) is 0 Å². The molecule has 1 aliphatic rings. The first kappa shape index (κ1) is 33.4. The number of carbonyl (C=O) groups is 5. The van der Waals surface area contributed by atoms with E-state index in [2.05, 4.69) is 5.32 Å². The van der Waals surface area contributed by atoms with Gasteiger partial charge in [-0.05, 0) is 25.7 Å². The van der Waals surface area contributed by atoms with E-state index in [0.29, 0.717) is 32.4 Å². The van der Waals surface area contributed by atoms with Crippen molar-refractivity contribution in [2.75, 3.05) is 13.1 Å². The fraction of sp³-hybridized carbons (Fsp3) is 0.821. The zero-order valence-corrected chi connectivity index (χ0v) is 23.0. The van der Waals surface area contributed by atoms with Crippen LogP contribution in [0.15, 0.2) is 0 Å². The Morgan fingerprint density at radius 2 is 1.13 bits per heavy atom. The fourth-order valence-corrected chi connectivity index (χ4v) is 4.91. The van der Waals surface area contributed by atoms with Crippen molar-refractivity contribution in [1.29, 1.82) is 0 Å². The van der Waals surface area contributed by atoms with Crippen molar-refractivity contribution in [3.8, 4) is 0 Å². The van der Waals surface area contributed by atoms with Gasteiger partial charge in [-0.1, -0.05) is 77.0 Å². The average molecular weight is 540 g/mol. The van der Waals surface area contributed by atoms with Gasteiger partial charge in [0, 0.05) is 31.8 Å². The standard InChI is InChI=1S/C28H49N3O7/c29-24(32)21-23(28(37)38)30-27(36)22-17-19-31(20-18-22)25(33)15-13-11-9-7-5-3-1-2-4-6-8-10-12-14-16-26(34)35/h22-23H,1-21H2,(H2,29,32)(H,30,36)(H,34,35)(H,37,38)/t23-/m1/s1. The second-order valence-electron chi connectivity index (χ2n) is 10.6. The van der Waals surface area contributed by atoms with Crippen molar-refractivity contribution in [2.24, 2.45) is 11.7 Å². The fourth-order valence-electron chi connectivity index (χ4n) is 4.91. The molecule has 0 bridgehead atoms. The Balaban J connectivity index is 1.99. The molecule has 0 aromatic rings. The van der Waals surface area contributed by atoms with E-state index in [4.69, 9.17) is 15.9 Å². The second-order valence-corrected chi connectivity index (χ2v) is 10.6. The summed E-state index contributed by atoms with van der Waals surface area (Å²) in [6, 6.07) is -1.32. The normalized spacial score (nSPS) is 14.7. The van der Waals surface area contributed by atoms with Gasteiger partial charge in [-0.3, -0.25) is 19.2 Å². The molecule has 1 rings (SSSR count). The molecule has 1 saturated heterocycles. The summed E-state index contributed by atoms with van der Waals surface area (Å²) < 4.78 is 0. The van der Waals surface area contributed by atoms with E-state index in [1.807, 2.05) is 0 Å². The summed E-state index contributed by atoms with van der Waals surface area (Å²) >= 11 is 0. The summed E-state index contributed by atoms with van der Waals surface area (Å²) in [5.74, 6) is -3.44. The molecule has 0 aliphatic carbocycles. The van der Waals surface area contributed by atoms with Crippen LogP contribution in [-0.4, -0.2) is 63.9 Å². The highest BCUT2D eigenvalue weighted by molar-refractivity contribution is 5.89. The van der Waals surface area contributed by atoms with Crippen molar-refractivity contribution >= 4 is 29.7 Å². The lowest BCUT2D eigenvalue weighted by atomic mass is 9.95. The molecule has 1 heterocycles. The molecule has 0 aromatic heterocycles. The molecule has 0 aromatic carbocycles. The third-order valence-corrected chi connectivity index (χ3v) is 7.27. The van der Waals surface area contributed by atoms with Gasteiger partial charge in [0.1, 0.15) is 6.04 Å². The highest BCUT2D eigenvalue weighted by atomic mass is 16.4. The maximum atomic E-state index is 12.5. The monoisotopic (exact) mass is 539 g/mol. The first-order valence-corrected chi connectivity index (χ1v) is 14.5. The molecule has 10 nitrogen and oxygen atoms in total. The lowest BCUT2D eigenvalue weighted by Crippen LogP contribution is -2.48. The molecule has 1 fully saturated rings. The van der Waals surface area contributed by atoms with E-state index in [1.165, 1.54) is 51.4 Å². The average Bonchev–Trinajstić information content (AvgIpc) is 2.87. The number of aliphatic carboxylic acids is 2. The van der Waals surface area contributed by atoms with Crippen molar-refractivity contribution in [3.05, 3.63) is 0 Å². The highest BCUT2D eigenvalue weighted by Gasteiger charge is 2.30. The van der Waals surface area contributed by atoms with Crippen LogP contribution in [0, 0.1) is 5.92 Å². The lowest BCUT2D eigenvalue weighted by Gasteiger charge is -2.32. The van der Waals surface area contributed by atoms with Gasteiger partial charge in [0.05, 0.1) is 6.42 Å². The largest absolute Gasteiger partial charge is 0.481 e. The SMILES string of the molecule is NC(=O)C[C@@H](NC(=O)C1CCN(C(=O)CCCCCCCCCCCCCCCCC(=O)O)CC1)C(=O)O. The Bertz CT molecular complexity index is 736. The Morgan fingerprint density at radius 3 is 1.53 bits per heavy atom. The summed E-state index contributed by atoms with van der Waals surface area (Å²) in [5, 5.41) is 20.1. The minimum atomic E-state index is -1.32. The summed E-state index contributed by atoms with van der Waals surface area (Å²) in [6.45, 7) is 0.963. The first-order chi connectivity index (χ1) is 18.2. The number of rotatable bonds is 22. The molecule has 0 radical (unpaired) electrons. The van der Waals surface area contributed by atoms with E-state index in [0.717, 1.165) is 38.5 Å². The number of nitrogens with zero attached hydrogens (tertiary/aromatic N) is 1. The number of nitrogens with two attached hydrogens (primary N) is 1. The van der Waals surface area contributed by atoms with Crippen LogP contribution in [0.25, 0.3) is 0 Å². The predicted molar refractivity (Wildman–Crippen MR) is 144 cm³/mol. The first-order valence-electron chi connectivity index (χ1n) is 14.5. The molecule has 1 aliphatic heterocycles. The van der Waals surface area contributed by atoms with Crippen LogP contribution >= 0.6 is 0 Å². The molecule has 1 atom stereocenters. The minimum Gasteiger partial charge on any atom is -0.481 e. The van der Waals surface area contributed by atoms with E-state index < -0.39 is 36.2 Å². The number of carbonyl (C=O) groups excluding carboxylic acids is 3. The second kappa shape index (κ2) is 20.3. The van der Waals surface area contributed by atoms with Gasteiger partial charge in [0.15, 0.2) is 0 Å². The van der Waals surface area contributed by atoms with Crippen molar-refractivity contribution in [3.63, 3.8) is 0 Å². The van der Waals surface area contributed by atoms with E-state index >= 15 is 0 Å². The Hall–Kier alpha value is -2.65. The van der Waals surface area contributed by atoms with Gasteiger partial charge in [-0.2, -0.15) is 0 Å². The third kappa shape index (κ3) is 16.2. The van der Waals surface area contributed by atoms with E-state index in [1.54, 1.807) is 4.90 Å². The van der Waals surface area contributed by atoms with Crippen LogP contribution in [0.1, 0.15) is 122 Å².